The monoisotopic (exact) mass is 334 g/mol. The lowest BCUT2D eigenvalue weighted by Crippen LogP contribution is -2.29. The Bertz CT molecular complexity index is 786. The van der Waals surface area contributed by atoms with Gasteiger partial charge in [0.25, 0.3) is 0 Å². The van der Waals surface area contributed by atoms with Crippen molar-refractivity contribution >= 4 is 10.9 Å². The third-order valence-corrected chi connectivity index (χ3v) is 5.26. The summed E-state index contributed by atoms with van der Waals surface area (Å²) >= 11 is 0. The zero-order valence-electron chi connectivity index (χ0n) is 15.8. The Kier molecular flexibility index (Phi) is 5.93. The Hall–Kier alpha value is -2.06. The summed E-state index contributed by atoms with van der Waals surface area (Å²) < 4.78 is 0. The van der Waals surface area contributed by atoms with E-state index in [1.807, 2.05) is 0 Å². The summed E-state index contributed by atoms with van der Waals surface area (Å²) in [5.74, 6) is 0. The number of likely N-dealkylation sites (N-methyl/N-ethyl adjacent to an activating group) is 1. The fraction of sp³-hybridized carbons (Fsp3) is 0.391. The zero-order chi connectivity index (χ0) is 17.6. The van der Waals surface area contributed by atoms with Crippen LogP contribution in [0.5, 0.6) is 0 Å². The van der Waals surface area contributed by atoms with Gasteiger partial charge < -0.3 is 9.88 Å². The number of rotatable bonds is 8. The summed E-state index contributed by atoms with van der Waals surface area (Å²) in [7, 11) is 4.36. The first-order chi connectivity index (χ1) is 12.2. The number of hydrogen-bond acceptors (Lipinski definition) is 1. The van der Waals surface area contributed by atoms with Crippen molar-refractivity contribution in [2.75, 3.05) is 14.1 Å². The number of aryl methyl sites for hydroxylation is 2. The van der Waals surface area contributed by atoms with Gasteiger partial charge in [-0.2, -0.15) is 0 Å². The van der Waals surface area contributed by atoms with Gasteiger partial charge in [-0.25, -0.2) is 0 Å². The number of H-pyrrole nitrogens is 1. The molecule has 0 spiro atoms. The van der Waals surface area contributed by atoms with Crippen molar-refractivity contribution in [1.82, 2.24) is 9.88 Å². The molecular formula is C23H30N2. The molecule has 0 aliphatic carbocycles. The van der Waals surface area contributed by atoms with Crippen molar-refractivity contribution in [1.29, 1.82) is 0 Å². The Morgan fingerprint density at radius 2 is 1.72 bits per heavy atom. The third kappa shape index (κ3) is 4.52. The minimum Gasteiger partial charge on any atom is -0.361 e. The maximum Gasteiger partial charge on any atom is 0.0456 e. The third-order valence-electron chi connectivity index (χ3n) is 5.26. The molecular weight excluding hydrogens is 304 g/mol. The molecule has 0 fully saturated rings. The van der Waals surface area contributed by atoms with Crippen LogP contribution in [0.15, 0.2) is 54.7 Å². The molecule has 0 aliphatic heterocycles. The Morgan fingerprint density at radius 3 is 2.44 bits per heavy atom. The number of aromatic amines is 1. The van der Waals surface area contributed by atoms with Crippen molar-refractivity contribution in [3.05, 3.63) is 71.4 Å². The normalized spacial score (nSPS) is 12.8. The minimum absolute atomic E-state index is 0.598. The largest absolute Gasteiger partial charge is 0.361 e. The maximum atomic E-state index is 3.45. The molecule has 0 amide bonds. The van der Waals surface area contributed by atoms with Crippen LogP contribution in [0.1, 0.15) is 36.5 Å². The van der Waals surface area contributed by atoms with E-state index in [1.54, 1.807) is 0 Å². The van der Waals surface area contributed by atoms with Crippen LogP contribution in [0.3, 0.4) is 0 Å². The minimum atomic E-state index is 0.598. The molecule has 132 valence electrons. The van der Waals surface area contributed by atoms with Crippen LogP contribution >= 0.6 is 0 Å². The number of benzene rings is 2. The molecule has 0 saturated heterocycles. The van der Waals surface area contributed by atoms with E-state index in [0.717, 1.165) is 19.3 Å². The molecule has 1 N–H and O–H groups in total. The predicted octanol–water partition coefficient (Wildman–Crippen LogP) is 5.23. The van der Waals surface area contributed by atoms with E-state index >= 15 is 0 Å². The van der Waals surface area contributed by atoms with Crippen molar-refractivity contribution in [2.24, 2.45) is 0 Å². The summed E-state index contributed by atoms with van der Waals surface area (Å²) in [5, 5.41) is 1.40. The molecule has 3 aromatic rings. The summed E-state index contributed by atoms with van der Waals surface area (Å²) in [4.78, 5) is 5.78. The van der Waals surface area contributed by atoms with Gasteiger partial charge in [0.1, 0.15) is 0 Å². The van der Waals surface area contributed by atoms with Crippen LogP contribution < -0.4 is 0 Å². The molecule has 25 heavy (non-hydrogen) atoms. The maximum absolute atomic E-state index is 3.45. The van der Waals surface area contributed by atoms with Crippen molar-refractivity contribution in [3.8, 4) is 0 Å². The van der Waals surface area contributed by atoms with Gasteiger partial charge in [0, 0.05) is 23.1 Å². The lowest BCUT2D eigenvalue weighted by atomic mass is 9.99. The second kappa shape index (κ2) is 8.35. The molecule has 0 saturated carbocycles. The quantitative estimate of drug-likeness (QED) is 0.598. The van der Waals surface area contributed by atoms with E-state index in [0.29, 0.717) is 6.04 Å². The SMILES string of the molecule is CC[C@H](Cc1c[nH]c2ccc(CCCc3ccccc3)cc12)N(C)C. The molecule has 1 aromatic heterocycles. The van der Waals surface area contributed by atoms with Gasteiger partial charge in [0.15, 0.2) is 0 Å². The highest BCUT2D eigenvalue weighted by atomic mass is 15.1. The van der Waals surface area contributed by atoms with Gasteiger partial charge in [-0.15, -0.1) is 0 Å². The number of nitrogens with one attached hydrogen (secondary N) is 1. The van der Waals surface area contributed by atoms with Crippen molar-refractivity contribution < 1.29 is 0 Å². The lowest BCUT2D eigenvalue weighted by molar-refractivity contribution is 0.285. The fourth-order valence-electron chi connectivity index (χ4n) is 3.64. The van der Waals surface area contributed by atoms with Crippen molar-refractivity contribution in [2.45, 2.75) is 45.1 Å². The van der Waals surface area contributed by atoms with Crippen LogP contribution in [0.2, 0.25) is 0 Å². The Balaban J connectivity index is 1.69. The average Bonchev–Trinajstić information content (AvgIpc) is 3.02. The molecule has 2 aromatic carbocycles. The van der Waals surface area contributed by atoms with Gasteiger partial charge in [-0.3, -0.25) is 0 Å². The van der Waals surface area contributed by atoms with Gasteiger partial charge in [0.2, 0.25) is 0 Å². The number of fused-ring (bicyclic) bond motifs is 1. The first kappa shape index (κ1) is 17.8. The molecule has 0 bridgehead atoms. The molecule has 2 nitrogen and oxygen atoms in total. The average molecular weight is 335 g/mol. The molecule has 0 aliphatic rings. The highest BCUT2D eigenvalue weighted by molar-refractivity contribution is 5.84. The number of aromatic nitrogens is 1. The van der Waals surface area contributed by atoms with Crippen LogP contribution in [-0.2, 0) is 19.3 Å². The molecule has 1 atom stereocenters. The van der Waals surface area contributed by atoms with E-state index in [1.165, 1.54) is 40.4 Å². The fourth-order valence-corrected chi connectivity index (χ4v) is 3.64. The molecule has 2 heteroatoms. The predicted molar refractivity (Wildman–Crippen MR) is 108 cm³/mol. The van der Waals surface area contributed by atoms with Gasteiger partial charge in [-0.05, 0) is 75.0 Å². The first-order valence-corrected chi connectivity index (χ1v) is 9.46. The summed E-state index contributed by atoms with van der Waals surface area (Å²) in [5.41, 5.74) is 5.58. The van der Waals surface area contributed by atoms with E-state index in [4.69, 9.17) is 0 Å². The topological polar surface area (TPSA) is 19.0 Å². The van der Waals surface area contributed by atoms with Crippen LogP contribution in [0, 0.1) is 0 Å². The second-order valence-electron chi connectivity index (χ2n) is 7.26. The number of nitrogens with zero attached hydrogens (tertiary/aromatic N) is 1. The zero-order valence-corrected chi connectivity index (χ0v) is 15.8. The van der Waals surface area contributed by atoms with E-state index in [2.05, 4.69) is 85.6 Å². The first-order valence-electron chi connectivity index (χ1n) is 9.46. The highest BCUT2D eigenvalue weighted by Gasteiger charge is 2.13. The van der Waals surface area contributed by atoms with Crippen LogP contribution in [0.25, 0.3) is 10.9 Å². The second-order valence-corrected chi connectivity index (χ2v) is 7.26. The lowest BCUT2D eigenvalue weighted by Gasteiger charge is -2.22. The van der Waals surface area contributed by atoms with Crippen molar-refractivity contribution in [3.63, 3.8) is 0 Å². The Morgan fingerprint density at radius 1 is 0.960 bits per heavy atom. The summed E-state index contributed by atoms with van der Waals surface area (Å²) in [6.45, 7) is 2.27. The Labute approximate surface area is 151 Å². The summed E-state index contributed by atoms with van der Waals surface area (Å²) in [6, 6.07) is 18.3. The van der Waals surface area contributed by atoms with Gasteiger partial charge in [0.05, 0.1) is 0 Å². The highest BCUT2D eigenvalue weighted by Crippen LogP contribution is 2.23. The molecule has 0 unspecified atom stereocenters. The smallest absolute Gasteiger partial charge is 0.0456 e. The van der Waals surface area contributed by atoms with Crippen LogP contribution in [-0.4, -0.2) is 30.0 Å². The molecule has 1 heterocycles. The number of hydrogen-bond donors (Lipinski definition) is 1. The van der Waals surface area contributed by atoms with E-state index < -0.39 is 0 Å². The summed E-state index contributed by atoms with van der Waals surface area (Å²) in [6.07, 6.45) is 7.97. The van der Waals surface area contributed by atoms with Crippen LogP contribution in [0.4, 0.5) is 0 Å². The van der Waals surface area contributed by atoms with Gasteiger partial charge in [-0.1, -0.05) is 43.3 Å². The molecule has 0 radical (unpaired) electrons. The van der Waals surface area contributed by atoms with Gasteiger partial charge >= 0.3 is 0 Å². The standard InChI is InChI=1S/C23H30N2/c1-4-21(25(2)3)16-20-17-24-23-14-13-19(15-22(20)23)12-8-11-18-9-6-5-7-10-18/h5-7,9-10,13-15,17,21,24H,4,8,11-12,16H2,1-3H3/t21-/m1/s1. The molecule has 3 rings (SSSR count). The van der Waals surface area contributed by atoms with E-state index in [9.17, 15) is 0 Å². The van der Waals surface area contributed by atoms with E-state index in [-0.39, 0.29) is 0 Å².